The Labute approximate surface area is 108 Å². The minimum absolute atomic E-state index is 0.517. The summed E-state index contributed by atoms with van der Waals surface area (Å²) in [7, 11) is 0. The summed E-state index contributed by atoms with van der Waals surface area (Å²) in [5, 5.41) is 3.08. The van der Waals surface area contributed by atoms with Crippen LogP contribution in [0.15, 0.2) is 23.8 Å². The molecule has 0 unspecified atom stereocenters. The van der Waals surface area contributed by atoms with E-state index >= 15 is 0 Å². The van der Waals surface area contributed by atoms with Gasteiger partial charge in [0.15, 0.2) is 5.65 Å². The summed E-state index contributed by atoms with van der Waals surface area (Å²) in [6, 6.07) is 1.94. The Balaban J connectivity index is 1.96. The quantitative estimate of drug-likeness (QED) is 0.781. The molecule has 0 radical (unpaired) electrons. The summed E-state index contributed by atoms with van der Waals surface area (Å²) < 4.78 is 1.95. The first-order valence-electron chi connectivity index (χ1n) is 5.71. The second kappa shape index (κ2) is 4.38. The van der Waals surface area contributed by atoms with Gasteiger partial charge in [-0.05, 0) is 18.6 Å². The molecule has 0 aromatic carbocycles. The molecule has 0 saturated heterocycles. The highest BCUT2D eigenvalue weighted by Crippen LogP contribution is 2.19. The molecule has 0 aliphatic heterocycles. The number of thiazole rings is 1. The first kappa shape index (κ1) is 11.2. The van der Waals surface area contributed by atoms with Gasteiger partial charge in [0.2, 0.25) is 5.95 Å². The van der Waals surface area contributed by atoms with Crippen LogP contribution in [-0.2, 0) is 13.0 Å². The van der Waals surface area contributed by atoms with E-state index in [1.165, 1.54) is 0 Å². The number of hydrogen-bond acceptors (Lipinski definition) is 5. The number of anilines is 1. The molecule has 0 saturated carbocycles. The van der Waals surface area contributed by atoms with Gasteiger partial charge in [-0.3, -0.25) is 4.57 Å². The summed E-state index contributed by atoms with van der Waals surface area (Å²) in [5.74, 6) is 0.517. The highest BCUT2D eigenvalue weighted by molar-refractivity contribution is 7.09. The van der Waals surface area contributed by atoms with Crippen LogP contribution >= 0.6 is 11.3 Å². The lowest BCUT2D eigenvalue weighted by Crippen LogP contribution is -2.06. The van der Waals surface area contributed by atoms with E-state index < -0.39 is 0 Å². The Morgan fingerprint density at radius 3 is 3.00 bits per heavy atom. The molecule has 0 atom stereocenters. The van der Waals surface area contributed by atoms with Crippen LogP contribution in [0.1, 0.15) is 10.6 Å². The average Bonchev–Trinajstić information content (AvgIpc) is 2.95. The molecular formula is C12H13N5S. The van der Waals surface area contributed by atoms with Crippen molar-refractivity contribution in [2.45, 2.75) is 19.9 Å². The zero-order chi connectivity index (χ0) is 12.5. The number of pyridine rings is 1. The van der Waals surface area contributed by atoms with Gasteiger partial charge in [-0.1, -0.05) is 0 Å². The fourth-order valence-corrected chi connectivity index (χ4v) is 2.57. The van der Waals surface area contributed by atoms with Gasteiger partial charge in [0.25, 0.3) is 0 Å². The summed E-state index contributed by atoms with van der Waals surface area (Å²) in [5.41, 5.74) is 8.79. The zero-order valence-corrected chi connectivity index (χ0v) is 10.8. The molecule has 92 valence electrons. The van der Waals surface area contributed by atoms with E-state index in [1.807, 2.05) is 29.1 Å². The van der Waals surface area contributed by atoms with Gasteiger partial charge < -0.3 is 5.73 Å². The lowest BCUT2D eigenvalue weighted by Gasteiger charge is -2.03. The van der Waals surface area contributed by atoms with E-state index in [9.17, 15) is 0 Å². The SMILES string of the molecule is Cc1ccnc2c1nc(N)n2CCc1nccs1. The number of imidazole rings is 1. The minimum Gasteiger partial charge on any atom is -0.369 e. The fraction of sp³-hybridized carbons (Fsp3) is 0.250. The number of rotatable bonds is 3. The molecule has 0 spiro atoms. The van der Waals surface area contributed by atoms with Crippen molar-refractivity contribution in [3.8, 4) is 0 Å². The Morgan fingerprint density at radius 1 is 1.33 bits per heavy atom. The van der Waals surface area contributed by atoms with Crippen molar-refractivity contribution >= 4 is 28.4 Å². The molecule has 3 aromatic heterocycles. The van der Waals surface area contributed by atoms with E-state index in [2.05, 4.69) is 15.0 Å². The third-order valence-electron chi connectivity index (χ3n) is 2.90. The van der Waals surface area contributed by atoms with Gasteiger partial charge in [-0.15, -0.1) is 11.3 Å². The maximum absolute atomic E-state index is 5.96. The van der Waals surface area contributed by atoms with E-state index in [0.29, 0.717) is 5.95 Å². The third-order valence-corrected chi connectivity index (χ3v) is 3.74. The smallest absolute Gasteiger partial charge is 0.202 e. The number of aryl methyl sites for hydroxylation is 3. The fourth-order valence-electron chi connectivity index (χ4n) is 1.96. The topological polar surface area (TPSA) is 69.6 Å². The van der Waals surface area contributed by atoms with Crippen LogP contribution in [0.25, 0.3) is 11.2 Å². The first-order chi connectivity index (χ1) is 8.75. The molecular weight excluding hydrogens is 246 g/mol. The maximum atomic E-state index is 5.96. The second-order valence-corrected chi connectivity index (χ2v) is 5.08. The normalized spacial score (nSPS) is 11.2. The van der Waals surface area contributed by atoms with Gasteiger partial charge in [0.1, 0.15) is 5.52 Å². The second-order valence-electron chi connectivity index (χ2n) is 4.10. The van der Waals surface area contributed by atoms with Crippen molar-refractivity contribution in [2.24, 2.45) is 0 Å². The number of aromatic nitrogens is 4. The van der Waals surface area contributed by atoms with Crippen molar-refractivity contribution in [2.75, 3.05) is 5.73 Å². The maximum Gasteiger partial charge on any atom is 0.202 e. The number of nitrogens with zero attached hydrogens (tertiary/aromatic N) is 4. The Morgan fingerprint density at radius 2 is 2.22 bits per heavy atom. The van der Waals surface area contributed by atoms with Crippen LogP contribution in [-0.4, -0.2) is 19.5 Å². The van der Waals surface area contributed by atoms with Crippen molar-refractivity contribution in [1.82, 2.24) is 19.5 Å². The molecule has 0 amide bonds. The third kappa shape index (κ3) is 1.84. The van der Waals surface area contributed by atoms with Crippen LogP contribution in [0.2, 0.25) is 0 Å². The van der Waals surface area contributed by atoms with Crippen LogP contribution in [0.3, 0.4) is 0 Å². The molecule has 0 aliphatic carbocycles. The van der Waals surface area contributed by atoms with E-state index in [1.54, 1.807) is 17.5 Å². The lowest BCUT2D eigenvalue weighted by atomic mass is 10.3. The molecule has 0 fully saturated rings. The Hall–Kier alpha value is -1.95. The zero-order valence-electron chi connectivity index (χ0n) is 10.00. The summed E-state index contributed by atoms with van der Waals surface area (Å²) in [6.07, 6.45) is 4.46. The summed E-state index contributed by atoms with van der Waals surface area (Å²) in [6.45, 7) is 2.77. The highest BCUT2D eigenvalue weighted by Gasteiger charge is 2.11. The molecule has 18 heavy (non-hydrogen) atoms. The van der Waals surface area contributed by atoms with E-state index in [0.717, 1.165) is 34.7 Å². The number of nitrogen functional groups attached to an aromatic ring is 1. The van der Waals surface area contributed by atoms with Crippen molar-refractivity contribution in [1.29, 1.82) is 0 Å². The van der Waals surface area contributed by atoms with Crippen LogP contribution in [0.5, 0.6) is 0 Å². The van der Waals surface area contributed by atoms with Gasteiger partial charge in [-0.2, -0.15) is 0 Å². The minimum atomic E-state index is 0.517. The number of nitrogens with two attached hydrogens (primary N) is 1. The van der Waals surface area contributed by atoms with Gasteiger partial charge in [-0.25, -0.2) is 15.0 Å². The van der Waals surface area contributed by atoms with Gasteiger partial charge in [0, 0.05) is 30.7 Å². The number of hydrogen-bond donors (Lipinski definition) is 1. The molecule has 3 heterocycles. The largest absolute Gasteiger partial charge is 0.369 e. The highest BCUT2D eigenvalue weighted by atomic mass is 32.1. The van der Waals surface area contributed by atoms with E-state index in [-0.39, 0.29) is 0 Å². The van der Waals surface area contributed by atoms with E-state index in [4.69, 9.17) is 5.73 Å². The number of fused-ring (bicyclic) bond motifs is 1. The van der Waals surface area contributed by atoms with Crippen molar-refractivity contribution < 1.29 is 0 Å². The van der Waals surface area contributed by atoms with Crippen LogP contribution < -0.4 is 5.73 Å². The Kier molecular flexibility index (Phi) is 2.71. The van der Waals surface area contributed by atoms with Gasteiger partial charge >= 0.3 is 0 Å². The predicted molar refractivity (Wildman–Crippen MR) is 72.5 cm³/mol. The molecule has 0 bridgehead atoms. The monoisotopic (exact) mass is 259 g/mol. The Bertz CT molecular complexity index is 671. The average molecular weight is 259 g/mol. The first-order valence-corrected chi connectivity index (χ1v) is 6.59. The van der Waals surface area contributed by atoms with Crippen molar-refractivity contribution in [3.63, 3.8) is 0 Å². The molecule has 3 aromatic rings. The van der Waals surface area contributed by atoms with Crippen LogP contribution in [0, 0.1) is 6.92 Å². The molecule has 6 heteroatoms. The molecule has 0 aliphatic rings. The predicted octanol–water partition coefficient (Wildman–Crippen LogP) is 2.02. The van der Waals surface area contributed by atoms with Crippen molar-refractivity contribution in [3.05, 3.63) is 34.4 Å². The standard InChI is InChI=1S/C12H13N5S/c1-8-2-4-15-11-10(8)16-12(13)17(11)6-3-9-14-5-7-18-9/h2,4-5,7H,3,6H2,1H3,(H2,13,16). The molecule has 5 nitrogen and oxygen atoms in total. The lowest BCUT2D eigenvalue weighted by molar-refractivity contribution is 0.716. The summed E-state index contributed by atoms with van der Waals surface area (Å²) >= 11 is 1.65. The summed E-state index contributed by atoms with van der Waals surface area (Å²) in [4.78, 5) is 13.0. The van der Waals surface area contributed by atoms with Crippen LogP contribution in [0.4, 0.5) is 5.95 Å². The molecule has 2 N–H and O–H groups in total. The molecule has 3 rings (SSSR count). The van der Waals surface area contributed by atoms with Gasteiger partial charge in [0.05, 0.1) is 5.01 Å².